The average Bonchev–Trinajstić information content (AvgIpc) is 3.64. The standard InChI is InChI=1S/C28H21ClN2O3S3/c29-18-6-9-20(10-7-18)37-31-23-16-19(34-13-2-1-5-26(32)33)8-11-21(23)27(22-12-15-36-25(22)17-30)28(31)24-4-3-14-35-24/h3-4,6-12,14-16H,1-2,5,13H2,(H,32,33). The van der Waals surface area contributed by atoms with Crippen molar-refractivity contribution < 1.29 is 14.6 Å². The fourth-order valence-electron chi connectivity index (χ4n) is 4.10. The van der Waals surface area contributed by atoms with Crippen molar-refractivity contribution in [1.82, 2.24) is 3.97 Å². The molecule has 0 amide bonds. The molecule has 0 aliphatic carbocycles. The summed E-state index contributed by atoms with van der Waals surface area (Å²) in [5, 5.41) is 24.4. The van der Waals surface area contributed by atoms with E-state index in [1.54, 1.807) is 23.3 Å². The fraction of sp³-hybridized carbons (Fsp3) is 0.143. The lowest BCUT2D eigenvalue weighted by Crippen LogP contribution is -2.00. The van der Waals surface area contributed by atoms with Gasteiger partial charge in [-0.1, -0.05) is 17.7 Å². The van der Waals surface area contributed by atoms with Crippen LogP contribution in [0.3, 0.4) is 0 Å². The highest BCUT2D eigenvalue weighted by atomic mass is 35.5. The van der Waals surface area contributed by atoms with Crippen LogP contribution in [-0.2, 0) is 4.79 Å². The van der Waals surface area contributed by atoms with Gasteiger partial charge in [-0.2, -0.15) is 5.26 Å². The first kappa shape index (κ1) is 25.4. The lowest BCUT2D eigenvalue weighted by atomic mass is 10.0. The number of hydrogen-bond donors (Lipinski definition) is 1. The molecule has 0 aliphatic heterocycles. The van der Waals surface area contributed by atoms with E-state index in [4.69, 9.17) is 21.4 Å². The van der Waals surface area contributed by atoms with Crippen molar-refractivity contribution in [3.63, 3.8) is 0 Å². The van der Waals surface area contributed by atoms with Crippen molar-refractivity contribution >= 4 is 63.1 Å². The van der Waals surface area contributed by atoms with Crippen LogP contribution in [0.4, 0.5) is 0 Å². The molecule has 0 aliphatic rings. The van der Waals surface area contributed by atoms with E-state index in [1.165, 1.54) is 11.3 Å². The highest BCUT2D eigenvalue weighted by Gasteiger charge is 2.24. The van der Waals surface area contributed by atoms with Crippen LogP contribution in [0, 0.1) is 11.3 Å². The largest absolute Gasteiger partial charge is 0.494 e. The molecule has 37 heavy (non-hydrogen) atoms. The first-order valence-electron chi connectivity index (χ1n) is 11.5. The number of nitriles is 1. The van der Waals surface area contributed by atoms with Crippen LogP contribution in [0.1, 0.15) is 24.1 Å². The molecular formula is C28H21ClN2O3S3. The number of carbonyl (C=O) groups is 1. The zero-order valence-corrected chi connectivity index (χ0v) is 22.7. The zero-order chi connectivity index (χ0) is 25.8. The summed E-state index contributed by atoms with van der Waals surface area (Å²) in [5.41, 5.74) is 3.93. The molecule has 0 spiro atoms. The number of rotatable bonds is 10. The Labute approximate surface area is 231 Å². The number of carboxylic acid groups (broad SMARTS) is 1. The maximum atomic E-state index is 10.8. The number of aliphatic carboxylic acids is 1. The lowest BCUT2D eigenvalue weighted by Gasteiger charge is -2.11. The number of thiophene rings is 2. The molecule has 3 heterocycles. The van der Waals surface area contributed by atoms with Gasteiger partial charge in [0.05, 0.1) is 22.7 Å². The molecule has 186 valence electrons. The second kappa shape index (κ2) is 11.4. The number of benzene rings is 2. The van der Waals surface area contributed by atoms with Crippen molar-refractivity contribution in [3.05, 3.63) is 81.3 Å². The molecule has 5 rings (SSSR count). The minimum Gasteiger partial charge on any atom is -0.494 e. The number of unbranched alkanes of at least 4 members (excludes halogenated alkanes) is 1. The second-order valence-corrected chi connectivity index (χ2v) is 11.5. The number of hydrogen-bond acceptors (Lipinski definition) is 6. The summed E-state index contributed by atoms with van der Waals surface area (Å²) in [7, 11) is 0. The summed E-state index contributed by atoms with van der Waals surface area (Å²) >= 11 is 10.8. The van der Waals surface area contributed by atoms with Gasteiger partial charge in [0.25, 0.3) is 0 Å². The molecule has 0 saturated heterocycles. The molecule has 9 heteroatoms. The molecular weight excluding hydrogens is 544 g/mol. The Balaban J connectivity index is 1.65. The van der Waals surface area contributed by atoms with Crippen LogP contribution in [0.25, 0.3) is 32.6 Å². The van der Waals surface area contributed by atoms with Gasteiger partial charge >= 0.3 is 5.97 Å². The molecule has 2 aromatic carbocycles. The first-order valence-corrected chi connectivity index (χ1v) is 14.4. The fourth-order valence-corrected chi connectivity index (χ4v) is 6.73. The topological polar surface area (TPSA) is 75.2 Å². The first-order chi connectivity index (χ1) is 18.0. The van der Waals surface area contributed by atoms with E-state index in [0.29, 0.717) is 35.1 Å². The molecule has 5 aromatic rings. The molecule has 5 nitrogen and oxygen atoms in total. The highest BCUT2D eigenvalue weighted by Crippen LogP contribution is 2.48. The third-order valence-corrected chi connectivity index (χ3v) is 8.74. The Morgan fingerprint density at radius 3 is 2.65 bits per heavy atom. The van der Waals surface area contributed by atoms with Gasteiger partial charge in [0.1, 0.15) is 16.7 Å². The normalized spacial score (nSPS) is 11.0. The summed E-state index contributed by atoms with van der Waals surface area (Å²) in [6.07, 6.45) is 1.37. The molecule has 0 atom stereocenters. The van der Waals surface area contributed by atoms with E-state index in [0.717, 1.165) is 37.5 Å². The number of carboxylic acids is 1. The highest BCUT2D eigenvalue weighted by molar-refractivity contribution is 7.98. The summed E-state index contributed by atoms with van der Waals surface area (Å²) < 4.78 is 8.22. The zero-order valence-electron chi connectivity index (χ0n) is 19.5. The van der Waals surface area contributed by atoms with E-state index in [1.807, 2.05) is 60.0 Å². The van der Waals surface area contributed by atoms with Gasteiger partial charge in [0.15, 0.2) is 0 Å². The summed E-state index contributed by atoms with van der Waals surface area (Å²) in [5.74, 6) is -0.0781. The van der Waals surface area contributed by atoms with Crippen LogP contribution in [-0.4, -0.2) is 21.7 Å². The quantitative estimate of drug-likeness (QED) is 0.171. The van der Waals surface area contributed by atoms with Gasteiger partial charge in [-0.05, 0) is 84.1 Å². The maximum absolute atomic E-state index is 10.8. The third-order valence-electron chi connectivity index (χ3n) is 5.75. The van der Waals surface area contributed by atoms with Crippen molar-refractivity contribution in [2.75, 3.05) is 6.61 Å². The van der Waals surface area contributed by atoms with Crippen LogP contribution < -0.4 is 4.74 Å². The van der Waals surface area contributed by atoms with Crippen molar-refractivity contribution in [1.29, 1.82) is 5.26 Å². The minimum absolute atomic E-state index is 0.137. The van der Waals surface area contributed by atoms with Gasteiger partial charge in [-0.15, -0.1) is 22.7 Å². The number of fused-ring (bicyclic) bond motifs is 1. The molecule has 0 unspecified atom stereocenters. The lowest BCUT2D eigenvalue weighted by molar-refractivity contribution is -0.137. The van der Waals surface area contributed by atoms with Gasteiger partial charge < -0.3 is 9.84 Å². The van der Waals surface area contributed by atoms with Crippen molar-refractivity contribution in [2.24, 2.45) is 0 Å². The Bertz CT molecular complexity index is 1580. The smallest absolute Gasteiger partial charge is 0.303 e. The van der Waals surface area contributed by atoms with Crippen molar-refractivity contribution in [2.45, 2.75) is 24.2 Å². The predicted molar refractivity (Wildman–Crippen MR) is 153 cm³/mol. The Hall–Kier alpha value is -3.22. The van der Waals surface area contributed by atoms with Crippen LogP contribution in [0.2, 0.25) is 5.02 Å². The minimum atomic E-state index is -0.794. The molecule has 1 N–H and O–H groups in total. The van der Waals surface area contributed by atoms with Crippen molar-refractivity contribution in [3.8, 4) is 33.5 Å². The maximum Gasteiger partial charge on any atom is 0.303 e. The second-order valence-electron chi connectivity index (χ2n) is 8.19. The summed E-state index contributed by atoms with van der Waals surface area (Å²) in [6.45, 7) is 0.442. The monoisotopic (exact) mass is 564 g/mol. The number of aromatic nitrogens is 1. The molecule has 3 aromatic heterocycles. The van der Waals surface area contributed by atoms with Gasteiger partial charge in [0.2, 0.25) is 0 Å². The van der Waals surface area contributed by atoms with Crippen LogP contribution >= 0.6 is 46.2 Å². The van der Waals surface area contributed by atoms with E-state index in [2.05, 4.69) is 21.5 Å². The summed E-state index contributed by atoms with van der Waals surface area (Å²) in [4.78, 5) is 13.6. The Kier molecular flexibility index (Phi) is 7.87. The molecule has 0 fully saturated rings. The van der Waals surface area contributed by atoms with Gasteiger partial charge in [-0.3, -0.25) is 8.77 Å². The predicted octanol–water partition coefficient (Wildman–Crippen LogP) is 8.81. The van der Waals surface area contributed by atoms with E-state index >= 15 is 0 Å². The van der Waals surface area contributed by atoms with E-state index < -0.39 is 5.97 Å². The van der Waals surface area contributed by atoms with Crippen LogP contribution in [0.15, 0.2) is 76.3 Å². The van der Waals surface area contributed by atoms with E-state index in [9.17, 15) is 10.1 Å². The third kappa shape index (κ3) is 5.55. The van der Waals surface area contributed by atoms with E-state index in [-0.39, 0.29) is 6.42 Å². The van der Waals surface area contributed by atoms with Gasteiger partial charge in [0, 0.05) is 38.9 Å². The average molecular weight is 565 g/mol. The number of nitrogens with zero attached hydrogens (tertiary/aromatic N) is 2. The Morgan fingerprint density at radius 1 is 1.08 bits per heavy atom. The van der Waals surface area contributed by atoms with Crippen LogP contribution in [0.5, 0.6) is 5.75 Å². The molecule has 0 radical (unpaired) electrons. The Morgan fingerprint density at radius 2 is 1.92 bits per heavy atom. The summed E-state index contributed by atoms with van der Waals surface area (Å²) in [6, 6.07) is 22.2. The number of halogens is 1. The molecule has 0 bridgehead atoms. The SMILES string of the molecule is N#Cc1sccc1-c1c(-c2cccs2)n(Sc2ccc(Cl)cc2)c2cc(OCCCCC(=O)O)ccc12. The number of ether oxygens (including phenoxy) is 1. The van der Waals surface area contributed by atoms with Gasteiger partial charge in [-0.25, -0.2) is 0 Å². The molecule has 0 saturated carbocycles.